The van der Waals surface area contributed by atoms with E-state index in [-0.39, 0.29) is 23.8 Å². The summed E-state index contributed by atoms with van der Waals surface area (Å²) in [6.45, 7) is 12.0. The summed E-state index contributed by atoms with van der Waals surface area (Å²) in [5, 5.41) is 14.2. The molecular weight excluding hydrogens is 588 g/mol. The van der Waals surface area contributed by atoms with E-state index in [1.165, 1.54) is 0 Å². The lowest BCUT2D eigenvalue weighted by Gasteiger charge is -2.39. The van der Waals surface area contributed by atoms with Gasteiger partial charge in [-0.25, -0.2) is 0 Å². The Morgan fingerprint density at radius 1 is 0.894 bits per heavy atom. The van der Waals surface area contributed by atoms with E-state index in [0.717, 1.165) is 60.8 Å². The molecule has 1 aliphatic carbocycles. The van der Waals surface area contributed by atoms with Crippen LogP contribution in [0.3, 0.4) is 0 Å². The SMILES string of the molecule is C=C(C)c1cc(C(=O)N2CCCC2CN[C@](CC(C)C)(C(=O)O)C2CCCC2)c(OCc2ccccc2)cc1OCc1ccccc1. The van der Waals surface area contributed by atoms with Crippen LogP contribution < -0.4 is 14.8 Å². The second-order valence-corrected chi connectivity index (χ2v) is 13.7. The zero-order chi connectivity index (χ0) is 33.4. The van der Waals surface area contributed by atoms with Crippen molar-refractivity contribution >= 4 is 17.4 Å². The third-order valence-corrected chi connectivity index (χ3v) is 9.70. The summed E-state index contributed by atoms with van der Waals surface area (Å²) in [5.74, 6) is 0.483. The highest BCUT2D eigenvalue weighted by Crippen LogP contribution is 2.39. The van der Waals surface area contributed by atoms with Crippen LogP contribution in [0.25, 0.3) is 5.57 Å². The number of hydrogen-bond donors (Lipinski definition) is 2. The van der Waals surface area contributed by atoms with Crippen molar-refractivity contribution in [3.05, 3.63) is 102 Å². The van der Waals surface area contributed by atoms with Crippen molar-refractivity contribution in [1.29, 1.82) is 0 Å². The number of carbonyl (C=O) groups excluding carboxylic acids is 1. The first-order valence-corrected chi connectivity index (χ1v) is 17.1. The highest BCUT2D eigenvalue weighted by molar-refractivity contribution is 5.99. The van der Waals surface area contributed by atoms with Crippen molar-refractivity contribution in [1.82, 2.24) is 10.2 Å². The minimum absolute atomic E-state index is 0.0903. The maximum atomic E-state index is 14.5. The highest BCUT2D eigenvalue weighted by atomic mass is 16.5. The molecule has 1 heterocycles. The Labute approximate surface area is 280 Å². The van der Waals surface area contributed by atoms with Crippen molar-refractivity contribution in [2.24, 2.45) is 11.8 Å². The van der Waals surface area contributed by atoms with E-state index in [0.29, 0.717) is 49.8 Å². The summed E-state index contributed by atoms with van der Waals surface area (Å²) in [4.78, 5) is 29.3. The van der Waals surface area contributed by atoms with Crippen LogP contribution in [0.2, 0.25) is 0 Å². The topological polar surface area (TPSA) is 88.1 Å². The summed E-state index contributed by atoms with van der Waals surface area (Å²) in [5.41, 5.74) is 3.04. The molecule has 2 atom stereocenters. The molecule has 5 rings (SSSR count). The lowest BCUT2D eigenvalue weighted by atomic mass is 9.76. The fraction of sp³-hybridized carbons (Fsp3) is 0.450. The van der Waals surface area contributed by atoms with Gasteiger partial charge in [-0.15, -0.1) is 0 Å². The number of hydrogen-bond acceptors (Lipinski definition) is 5. The van der Waals surface area contributed by atoms with E-state index in [4.69, 9.17) is 9.47 Å². The Balaban J connectivity index is 1.43. The average molecular weight is 639 g/mol. The smallest absolute Gasteiger partial charge is 0.324 e. The molecule has 250 valence electrons. The highest BCUT2D eigenvalue weighted by Gasteiger charge is 2.47. The van der Waals surface area contributed by atoms with Gasteiger partial charge in [-0.1, -0.05) is 93.9 Å². The number of allylic oxidation sites excluding steroid dienone is 1. The van der Waals surface area contributed by atoms with Gasteiger partial charge in [0.15, 0.2) is 0 Å². The third-order valence-electron chi connectivity index (χ3n) is 9.70. The van der Waals surface area contributed by atoms with Gasteiger partial charge in [0, 0.05) is 30.8 Å². The number of benzene rings is 3. The molecule has 3 aromatic rings. The molecule has 1 amide bonds. The normalized spacial score (nSPS) is 17.9. The van der Waals surface area contributed by atoms with Crippen molar-refractivity contribution < 1.29 is 24.2 Å². The van der Waals surface area contributed by atoms with Gasteiger partial charge in [-0.2, -0.15) is 0 Å². The van der Waals surface area contributed by atoms with Gasteiger partial charge in [0.05, 0.1) is 5.56 Å². The quantitative estimate of drug-likeness (QED) is 0.175. The first-order chi connectivity index (χ1) is 22.7. The molecule has 2 fully saturated rings. The lowest BCUT2D eigenvalue weighted by Crippen LogP contribution is -2.60. The summed E-state index contributed by atoms with van der Waals surface area (Å²) in [6, 6.07) is 23.4. The fourth-order valence-corrected chi connectivity index (χ4v) is 7.32. The van der Waals surface area contributed by atoms with Gasteiger partial charge in [-0.05, 0) is 73.6 Å². The van der Waals surface area contributed by atoms with E-state index in [9.17, 15) is 14.7 Å². The predicted molar refractivity (Wildman–Crippen MR) is 187 cm³/mol. The molecule has 2 aliphatic rings. The standard InChI is InChI=1S/C40H50N2O5/c1-28(2)24-40(39(44)45,32-18-11-12-19-32)41-25-33-20-13-21-42(33)38(43)35-22-34(29(3)4)36(46-26-30-14-7-5-8-15-30)23-37(35)47-27-31-16-9-6-10-17-31/h5-10,14-17,22-23,28,32-33,41H,3,11-13,18-21,24-27H2,1-2,4H3,(H,44,45)/t33?,40-/m0/s1. The van der Waals surface area contributed by atoms with Crippen LogP contribution in [0.1, 0.15) is 92.8 Å². The first-order valence-electron chi connectivity index (χ1n) is 17.1. The van der Waals surface area contributed by atoms with Crippen LogP contribution in [0.15, 0.2) is 79.4 Å². The van der Waals surface area contributed by atoms with Crippen molar-refractivity contribution in [2.75, 3.05) is 13.1 Å². The molecule has 2 N–H and O–H groups in total. The number of carboxylic acid groups (broad SMARTS) is 1. The van der Waals surface area contributed by atoms with Gasteiger partial charge < -0.3 is 19.5 Å². The van der Waals surface area contributed by atoms with Gasteiger partial charge in [0.25, 0.3) is 5.91 Å². The van der Waals surface area contributed by atoms with Crippen LogP contribution in [-0.4, -0.2) is 46.6 Å². The molecule has 7 heteroatoms. The Bertz CT molecular complexity index is 1520. The number of nitrogens with one attached hydrogen (secondary N) is 1. The third kappa shape index (κ3) is 8.25. The maximum Gasteiger partial charge on any atom is 0.324 e. The summed E-state index contributed by atoms with van der Waals surface area (Å²) < 4.78 is 12.7. The van der Waals surface area contributed by atoms with E-state index < -0.39 is 11.5 Å². The molecule has 0 radical (unpaired) electrons. The van der Waals surface area contributed by atoms with Crippen molar-refractivity contribution in [3.8, 4) is 11.5 Å². The number of amides is 1. The molecule has 1 saturated heterocycles. The molecule has 3 aromatic carbocycles. The van der Waals surface area contributed by atoms with Crippen LogP contribution >= 0.6 is 0 Å². The molecule has 47 heavy (non-hydrogen) atoms. The molecule has 1 saturated carbocycles. The van der Waals surface area contributed by atoms with Crippen LogP contribution in [0.5, 0.6) is 11.5 Å². The molecule has 7 nitrogen and oxygen atoms in total. The monoisotopic (exact) mass is 638 g/mol. The van der Waals surface area contributed by atoms with Gasteiger partial charge in [0.2, 0.25) is 0 Å². The summed E-state index contributed by atoms with van der Waals surface area (Å²) in [6.07, 6.45) is 6.21. The second-order valence-electron chi connectivity index (χ2n) is 13.7. The number of carbonyl (C=O) groups is 2. The molecular formula is C40H50N2O5. The number of aliphatic carboxylic acids is 1. The number of rotatable bonds is 15. The zero-order valence-electron chi connectivity index (χ0n) is 28.2. The largest absolute Gasteiger partial charge is 0.488 e. The first kappa shape index (κ1) is 34.2. The fourth-order valence-electron chi connectivity index (χ4n) is 7.32. The van der Waals surface area contributed by atoms with Crippen molar-refractivity contribution in [2.45, 2.75) is 90.5 Å². The van der Waals surface area contributed by atoms with E-state index in [1.807, 2.05) is 84.6 Å². The lowest BCUT2D eigenvalue weighted by molar-refractivity contribution is -0.148. The van der Waals surface area contributed by atoms with Crippen LogP contribution in [-0.2, 0) is 18.0 Å². The van der Waals surface area contributed by atoms with E-state index in [2.05, 4.69) is 25.7 Å². The van der Waals surface area contributed by atoms with Gasteiger partial charge in [0.1, 0.15) is 30.3 Å². The Hall–Kier alpha value is -4.10. The van der Waals surface area contributed by atoms with Crippen molar-refractivity contribution in [3.63, 3.8) is 0 Å². The summed E-state index contributed by atoms with van der Waals surface area (Å²) in [7, 11) is 0. The summed E-state index contributed by atoms with van der Waals surface area (Å²) >= 11 is 0. The number of ether oxygens (including phenoxy) is 2. The van der Waals surface area contributed by atoms with E-state index >= 15 is 0 Å². The molecule has 0 bridgehead atoms. The van der Waals surface area contributed by atoms with Crippen LogP contribution in [0.4, 0.5) is 0 Å². The Morgan fingerprint density at radius 2 is 1.47 bits per heavy atom. The van der Waals surface area contributed by atoms with E-state index in [1.54, 1.807) is 0 Å². The predicted octanol–water partition coefficient (Wildman–Crippen LogP) is 8.13. The van der Waals surface area contributed by atoms with Gasteiger partial charge in [-0.3, -0.25) is 14.9 Å². The number of nitrogens with zero attached hydrogens (tertiary/aromatic N) is 1. The zero-order valence-corrected chi connectivity index (χ0v) is 28.2. The minimum Gasteiger partial charge on any atom is -0.488 e. The van der Waals surface area contributed by atoms with Gasteiger partial charge >= 0.3 is 5.97 Å². The maximum absolute atomic E-state index is 14.5. The molecule has 0 aromatic heterocycles. The Kier molecular flexibility index (Phi) is 11.4. The number of likely N-dealkylation sites (tertiary alicyclic amines) is 1. The Morgan fingerprint density at radius 3 is 2.00 bits per heavy atom. The minimum atomic E-state index is -0.989. The molecule has 0 spiro atoms. The molecule has 1 unspecified atom stereocenters. The average Bonchev–Trinajstić information content (AvgIpc) is 3.78. The second kappa shape index (κ2) is 15.7. The number of carboxylic acids is 1. The van der Waals surface area contributed by atoms with Crippen LogP contribution in [0, 0.1) is 11.8 Å². The molecule has 1 aliphatic heterocycles.